The first-order valence-electron chi connectivity index (χ1n) is 14.3. The van der Waals surface area contributed by atoms with Crippen LogP contribution >= 0.6 is 0 Å². The number of methoxy groups -OCH3 is 1. The Kier molecular flexibility index (Phi) is 8.39. The van der Waals surface area contributed by atoms with Crippen LogP contribution in [0, 0.1) is 0 Å². The van der Waals surface area contributed by atoms with Crippen molar-refractivity contribution in [3.05, 3.63) is 82.2 Å². The normalized spacial score (nSPS) is 21.8. The van der Waals surface area contributed by atoms with Gasteiger partial charge in [-0.2, -0.15) is 0 Å². The molecule has 2 atom stereocenters. The van der Waals surface area contributed by atoms with E-state index in [0.29, 0.717) is 42.1 Å². The summed E-state index contributed by atoms with van der Waals surface area (Å²) in [7, 11) is 1.61. The van der Waals surface area contributed by atoms with Crippen molar-refractivity contribution in [3.63, 3.8) is 0 Å². The molecule has 2 aromatic rings. The summed E-state index contributed by atoms with van der Waals surface area (Å²) in [6.45, 7) is 4.55. The highest BCUT2D eigenvalue weighted by molar-refractivity contribution is 6.04. The Bertz CT molecular complexity index is 1270. The number of hydrogen-bond acceptors (Lipinski definition) is 6. The number of rotatable bonds is 8. The molecule has 1 heterocycles. The molecule has 0 radical (unpaired) electrons. The molecule has 0 saturated heterocycles. The highest BCUT2D eigenvalue weighted by atomic mass is 16.5. The minimum absolute atomic E-state index is 0.0587. The summed E-state index contributed by atoms with van der Waals surface area (Å²) in [5.74, 6) is 0.515. The van der Waals surface area contributed by atoms with Crippen molar-refractivity contribution in [2.75, 3.05) is 13.7 Å². The summed E-state index contributed by atoms with van der Waals surface area (Å²) in [4.78, 5) is 27.7. The molecule has 206 valence electrons. The molecule has 0 spiro atoms. The van der Waals surface area contributed by atoms with E-state index in [1.165, 1.54) is 6.42 Å². The maximum absolute atomic E-state index is 13.9. The van der Waals surface area contributed by atoms with Crippen LogP contribution in [0.1, 0.15) is 88.2 Å². The van der Waals surface area contributed by atoms with Crippen LogP contribution in [-0.2, 0) is 14.3 Å². The standard InChI is InChI=1S/C33H39NO5/c1-4-17-38-28-16-15-23(20-29(28)37-3)31-30(33(36)39-25-13-9-6-10-14-25)21(2)34-26-18-24(19-27(35)32(26)31)22-11-7-5-8-12-22/h5,7-8,11-12,15-16,20,24-25,31,34H,4,6,9-10,13-14,17-19H2,1-3H3/t24-,31-/m0/s1. The van der Waals surface area contributed by atoms with Crippen molar-refractivity contribution < 1.29 is 23.8 Å². The summed E-state index contributed by atoms with van der Waals surface area (Å²) in [6, 6.07) is 15.9. The Morgan fingerprint density at radius 3 is 2.46 bits per heavy atom. The van der Waals surface area contributed by atoms with Crippen molar-refractivity contribution in [2.45, 2.75) is 83.2 Å². The second-order valence-corrected chi connectivity index (χ2v) is 10.9. The van der Waals surface area contributed by atoms with Gasteiger partial charge in [-0.25, -0.2) is 4.79 Å². The molecule has 6 nitrogen and oxygen atoms in total. The summed E-state index contributed by atoms with van der Waals surface area (Å²) >= 11 is 0. The second-order valence-electron chi connectivity index (χ2n) is 10.9. The van der Waals surface area contributed by atoms with Gasteiger partial charge < -0.3 is 19.5 Å². The van der Waals surface area contributed by atoms with E-state index in [4.69, 9.17) is 14.2 Å². The Labute approximate surface area is 231 Å². The molecular formula is C33H39NO5. The van der Waals surface area contributed by atoms with Crippen LogP contribution in [0.4, 0.5) is 0 Å². The van der Waals surface area contributed by atoms with E-state index in [1.54, 1.807) is 7.11 Å². The van der Waals surface area contributed by atoms with Crippen LogP contribution in [0.5, 0.6) is 11.5 Å². The third-order valence-corrected chi connectivity index (χ3v) is 8.13. The number of Topliss-reactive ketones (excluding diaryl/α,β-unsaturated/α-hetero) is 1. The van der Waals surface area contributed by atoms with Crippen molar-refractivity contribution >= 4 is 11.8 Å². The van der Waals surface area contributed by atoms with Crippen LogP contribution in [0.3, 0.4) is 0 Å². The quantitative estimate of drug-likeness (QED) is 0.383. The number of carbonyl (C=O) groups excluding carboxylic acids is 2. The molecule has 0 unspecified atom stereocenters. The number of allylic oxidation sites excluding steroid dienone is 3. The minimum Gasteiger partial charge on any atom is -0.493 e. The molecule has 0 amide bonds. The fourth-order valence-corrected chi connectivity index (χ4v) is 6.20. The van der Waals surface area contributed by atoms with E-state index in [9.17, 15) is 9.59 Å². The molecule has 2 aromatic carbocycles. The molecule has 0 aromatic heterocycles. The average Bonchev–Trinajstić information content (AvgIpc) is 2.96. The van der Waals surface area contributed by atoms with Crippen LogP contribution in [0.25, 0.3) is 0 Å². The molecule has 2 aliphatic carbocycles. The summed E-state index contributed by atoms with van der Waals surface area (Å²) in [5.41, 5.74) is 4.78. The largest absolute Gasteiger partial charge is 0.493 e. The number of carbonyl (C=O) groups is 2. The van der Waals surface area contributed by atoms with Gasteiger partial charge in [0.1, 0.15) is 6.10 Å². The maximum Gasteiger partial charge on any atom is 0.337 e. The zero-order valence-electron chi connectivity index (χ0n) is 23.3. The van der Waals surface area contributed by atoms with Crippen LogP contribution in [0.15, 0.2) is 71.1 Å². The minimum atomic E-state index is -0.532. The van der Waals surface area contributed by atoms with Gasteiger partial charge in [0.2, 0.25) is 0 Å². The third-order valence-electron chi connectivity index (χ3n) is 8.13. The zero-order valence-corrected chi connectivity index (χ0v) is 23.3. The van der Waals surface area contributed by atoms with E-state index in [0.717, 1.165) is 54.6 Å². The lowest BCUT2D eigenvalue weighted by Gasteiger charge is -2.37. The van der Waals surface area contributed by atoms with Gasteiger partial charge in [-0.15, -0.1) is 0 Å². The molecule has 39 heavy (non-hydrogen) atoms. The lowest BCUT2D eigenvalue weighted by Crippen LogP contribution is -2.37. The van der Waals surface area contributed by atoms with Crippen LogP contribution in [0.2, 0.25) is 0 Å². The topological polar surface area (TPSA) is 73.9 Å². The zero-order chi connectivity index (χ0) is 27.4. The predicted octanol–water partition coefficient (Wildman–Crippen LogP) is 6.72. The number of dihydropyridines is 1. The highest BCUT2D eigenvalue weighted by Crippen LogP contribution is 2.47. The summed E-state index contributed by atoms with van der Waals surface area (Å²) in [6.07, 6.45) is 7.01. The SMILES string of the molecule is CCCOc1ccc([C@H]2C(C(=O)OC3CCCCC3)=C(C)NC3=C2C(=O)C[C@@H](c2ccccc2)C3)cc1OC. The molecule has 0 bridgehead atoms. The van der Waals surface area contributed by atoms with Crippen molar-refractivity contribution in [3.8, 4) is 11.5 Å². The monoisotopic (exact) mass is 529 g/mol. The van der Waals surface area contributed by atoms with Crippen LogP contribution < -0.4 is 14.8 Å². The van der Waals surface area contributed by atoms with Gasteiger partial charge in [0.05, 0.1) is 19.3 Å². The lowest BCUT2D eigenvalue weighted by atomic mass is 9.71. The van der Waals surface area contributed by atoms with Gasteiger partial charge in [0, 0.05) is 29.3 Å². The Balaban J connectivity index is 1.55. The Morgan fingerprint density at radius 2 is 1.74 bits per heavy atom. The highest BCUT2D eigenvalue weighted by Gasteiger charge is 2.42. The van der Waals surface area contributed by atoms with Gasteiger partial charge >= 0.3 is 5.97 Å². The van der Waals surface area contributed by atoms with E-state index in [-0.39, 0.29) is 23.8 Å². The fourth-order valence-electron chi connectivity index (χ4n) is 6.20. The first kappa shape index (κ1) is 27.0. The molecular weight excluding hydrogens is 490 g/mol. The number of esters is 1. The third kappa shape index (κ3) is 5.75. The lowest BCUT2D eigenvalue weighted by molar-refractivity contribution is -0.146. The van der Waals surface area contributed by atoms with E-state index in [1.807, 2.05) is 43.3 Å². The Morgan fingerprint density at radius 1 is 0.974 bits per heavy atom. The van der Waals surface area contributed by atoms with Crippen molar-refractivity contribution in [1.82, 2.24) is 5.32 Å². The van der Waals surface area contributed by atoms with E-state index < -0.39 is 5.92 Å². The molecule has 1 fully saturated rings. The number of ketones is 1. The molecule has 1 aliphatic heterocycles. The average molecular weight is 530 g/mol. The maximum atomic E-state index is 13.9. The van der Waals surface area contributed by atoms with Crippen LogP contribution in [-0.4, -0.2) is 31.6 Å². The molecule has 1 saturated carbocycles. The summed E-state index contributed by atoms with van der Waals surface area (Å²) < 4.78 is 17.6. The number of benzene rings is 2. The first-order chi connectivity index (χ1) is 19.0. The first-order valence-corrected chi connectivity index (χ1v) is 14.3. The number of nitrogens with one attached hydrogen (secondary N) is 1. The van der Waals surface area contributed by atoms with Crippen molar-refractivity contribution in [2.24, 2.45) is 0 Å². The predicted molar refractivity (Wildman–Crippen MR) is 151 cm³/mol. The Hall–Kier alpha value is -3.54. The van der Waals surface area contributed by atoms with E-state index >= 15 is 0 Å². The van der Waals surface area contributed by atoms with Gasteiger partial charge in [-0.05, 0) is 74.6 Å². The molecule has 6 heteroatoms. The molecule has 1 N–H and O–H groups in total. The fraction of sp³-hybridized carbons (Fsp3) is 0.455. The number of hydrogen-bond donors (Lipinski definition) is 1. The molecule has 5 rings (SSSR count). The van der Waals surface area contributed by atoms with Gasteiger partial charge in [-0.1, -0.05) is 49.7 Å². The number of ether oxygens (including phenoxy) is 3. The van der Waals surface area contributed by atoms with Crippen molar-refractivity contribution in [1.29, 1.82) is 0 Å². The van der Waals surface area contributed by atoms with Gasteiger partial charge in [-0.3, -0.25) is 4.79 Å². The van der Waals surface area contributed by atoms with Gasteiger partial charge in [0.25, 0.3) is 0 Å². The molecule has 3 aliphatic rings. The second kappa shape index (κ2) is 12.1. The summed E-state index contributed by atoms with van der Waals surface area (Å²) in [5, 5.41) is 3.47. The van der Waals surface area contributed by atoms with Gasteiger partial charge in [0.15, 0.2) is 17.3 Å². The van der Waals surface area contributed by atoms with E-state index in [2.05, 4.69) is 24.4 Å². The smallest absolute Gasteiger partial charge is 0.337 e.